The maximum atomic E-state index is 2.30. The first-order valence-electron chi connectivity index (χ1n) is 5.11. The van der Waals surface area contributed by atoms with Crippen LogP contribution < -0.4 is 0 Å². The zero-order valence-corrected chi connectivity index (χ0v) is 8.22. The van der Waals surface area contributed by atoms with Gasteiger partial charge in [0.15, 0.2) is 0 Å². The highest BCUT2D eigenvalue weighted by molar-refractivity contribution is 5.41. The van der Waals surface area contributed by atoms with Crippen molar-refractivity contribution in [2.45, 2.75) is 32.6 Å². The molecule has 0 aliphatic heterocycles. The molecular formula is C13H16. The van der Waals surface area contributed by atoms with Gasteiger partial charge < -0.3 is 0 Å². The lowest BCUT2D eigenvalue weighted by Crippen LogP contribution is -1.96. The molecule has 0 amide bonds. The lowest BCUT2D eigenvalue weighted by atomic mass is 9.90. The Hall–Kier alpha value is -1.04. The van der Waals surface area contributed by atoms with Crippen LogP contribution >= 0.6 is 0 Å². The van der Waals surface area contributed by atoms with E-state index in [9.17, 15) is 0 Å². The zero-order valence-electron chi connectivity index (χ0n) is 8.22. The molecule has 13 heavy (non-hydrogen) atoms. The summed E-state index contributed by atoms with van der Waals surface area (Å²) in [5.74, 6) is 0. The van der Waals surface area contributed by atoms with Crippen LogP contribution in [0.3, 0.4) is 0 Å². The number of hydrogen-bond donors (Lipinski definition) is 0. The summed E-state index contributed by atoms with van der Waals surface area (Å²) in [6, 6.07) is 0. The van der Waals surface area contributed by atoms with Gasteiger partial charge in [-0.15, -0.1) is 0 Å². The van der Waals surface area contributed by atoms with Crippen LogP contribution in [0.4, 0.5) is 0 Å². The first-order chi connectivity index (χ1) is 6.36. The molecule has 0 heteroatoms. The van der Waals surface area contributed by atoms with Crippen molar-refractivity contribution in [3.8, 4) is 0 Å². The van der Waals surface area contributed by atoms with Gasteiger partial charge >= 0.3 is 0 Å². The van der Waals surface area contributed by atoms with Gasteiger partial charge in [-0.2, -0.15) is 0 Å². The Morgan fingerprint density at radius 2 is 1.62 bits per heavy atom. The Morgan fingerprint density at radius 1 is 0.923 bits per heavy atom. The van der Waals surface area contributed by atoms with E-state index in [2.05, 4.69) is 37.3 Å². The molecule has 2 rings (SSSR count). The molecule has 0 aromatic rings. The highest BCUT2D eigenvalue weighted by Gasteiger charge is 2.08. The number of rotatable bonds is 0. The van der Waals surface area contributed by atoms with Gasteiger partial charge in [0.05, 0.1) is 0 Å². The molecule has 68 valence electrons. The molecule has 0 nitrogen and oxygen atoms in total. The van der Waals surface area contributed by atoms with Crippen molar-refractivity contribution in [2.24, 2.45) is 0 Å². The van der Waals surface area contributed by atoms with Crippen LogP contribution in [0, 0.1) is 0 Å². The average Bonchev–Trinajstić information content (AvgIpc) is 2.13. The summed E-state index contributed by atoms with van der Waals surface area (Å²) in [5, 5.41) is 0. The lowest BCUT2D eigenvalue weighted by molar-refractivity contribution is 0.693. The van der Waals surface area contributed by atoms with Crippen LogP contribution in [-0.4, -0.2) is 0 Å². The second kappa shape index (κ2) is 3.78. The van der Waals surface area contributed by atoms with Crippen molar-refractivity contribution in [3.05, 3.63) is 47.1 Å². The summed E-state index contributed by atoms with van der Waals surface area (Å²) in [4.78, 5) is 0. The van der Waals surface area contributed by atoms with Crippen molar-refractivity contribution in [1.29, 1.82) is 0 Å². The van der Waals surface area contributed by atoms with E-state index in [4.69, 9.17) is 0 Å². The Bertz CT molecular complexity index is 311. The molecule has 0 spiro atoms. The van der Waals surface area contributed by atoms with E-state index in [0.29, 0.717) is 0 Å². The van der Waals surface area contributed by atoms with Crippen LogP contribution in [0.1, 0.15) is 32.6 Å². The lowest BCUT2D eigenvalue weighted by Gasteiger charge is -2.16. The Kier molecular flexibility index (Phi) is 2.49. The fourth-order valence-corrected chi connectivity index (χ4v) is 1.94. The zero-order chi connectivity index (χ0) is 9.10. The smallest absolute Gasteiger partial charge is 0.0276 e. The summed E-state index contributed by atoms with van der Waals surface area (Å²) < 4.78 is 0. The minimum absolute atomic E-state index is 1.27. The molecule has 0 heterocycles. The molecule has 0 saturated heterocycles. The molecule has 0 unspecified atom stereocenters. The van der Waals surface area contributed by atoms with Crippen LogP contribution in [0.15, 0.2) is 47.1 Å². The molecule has 0 radical (unpaired) electrons. The second-order valence-electron chi connectivity index (χ2n) is 3.86. The predicted octanol–water partition coefficient (Wildman–Crippen LogP) is 3.93. The van der Waals surface area contributed by atoms with Gasteiger partial charge in [-0.3, -0.25) is 0 Å². The van der Waals surface area contributed by atoms with E-state index in [1.807, 2.05) is 0 Å². The molecule has 0 N–H and O–H groups in total. The molecular weight excluding hydrogens is 156 g/mol. The van der Waals surface area contributed by atoms with Gasteiger partial charge in [0, 0.05) is 0 Å². The van der Waals surface area contributed by atoms with E-state index in [1.54, 1.807) is 11.1 Å². The van der Waals surface area contributed by atoms with Crippen LogP contribution in [0.2, 0.25) is 0 Å². The first kappa shape index (κ1) is 8.55. The van der Waals surface area contributed by atoms with Crippen molar-refractivity contribution < 1.29 is 0 Å². The van der Waals surface area contributed by atoms with Gasteiger partial charge in [0.25, 0.3) is 0 Å². The van der Waals surface area contributed by atoms with Gasteiger partial charge in [-0.25, -0.2) is 0 Å². The van der Waals surface area contributed by atoms with Gasteiger partial charge in [-0.1, -0.05) is 36.0 Å². The van der Waals surface area contributed by atoms with Gasteiger partial charge in [0.1, 0.15) is 0 Å². The Balaban J connectivity index is 2.31. The van der Waals surface area contributed by atoms with E-state index in [1.165, 1.54) is 31.3 Å². The van der Waals surface area contributed by atoms with Crippen LogP contribution in [0.25, 0.3) is 0 Å². The SMILES string of the molecule is CC1=CC=CC2=C(C=C1)CCCC2. The third-order valence-corrected chi connectivity index (χ3v) is 2.76. The second-order valence-corrected chi connectivity index (χ2v) is 3.86. The minimum Gasteiger partial charge on any atom is -0.0617 e. The monoisotopic (exact) mass is 172 g/mol. The first-order valence-corrected chi connectivity index (χ1v) is 5.11. The Morgan fingerprint density at radius 3 is 2.38 bits per heavy atom. The molecule has 0 aromatic heterocycles. The van der Waals surface area contributed by atoms with E-state index in [0.717, 1.165) is 0 Å². The van der Waals surface area contributed by atoms with Crippen molar-refractivity contribution in [3.63, 3.8) is 0 Å². The third-order valence-electron chi connectivity index (χ3n) is 2.76. The quantitative estimate of drug-likeness (QED) is 0.519. The van der Waals surface area contributed by atoms with Gasteiger partial charge in [-0.05, 0) is 43.8 Å². The molecule has 0 fully saturated rings. The number of hydrogen-bond acceptors (Lipinski definition) is 0. The molecule has 0 bridgehead atoms. The molecule has 2 aliphatic carbocycles. The van der Waals surface area contributed by atoms with Crippen molar-refractivity contribution in [2.75, 3.05) is 0 Å². The summed E-state index contributed by atoms with van der Waals surface area (Å²) in [5.41, 5.74) is 4.44. The third kappa shape index (κ3) is 2.00. The standard InChI is InChI=1S/C13H16/c1-11-5-4-8-12-6-2-3-7-13(12)10-9-11/h4-5,8-10H,2-3,6-7H2,1H3. The molecule has 0 aromatic carbocycles. The summed E-state index contributed by atoms with van der Waals surface area (Å²) in [6.45, 7) is 2.15. The van der Waals surface area contributed by atoms with Crippen LogP contribution in [-0.2, 0) is 0 Å². The normalized spacial score (nSPS) is 22.1. The largest absolute Gasteiger partial charge is 0.0617 e. The number of allylic oxidation sites excluding steroid dienone is 8. The molecule has 0 saturated carbocycles. The van der Waals surface area contributed by atoms with E-state index >= 15 is 0 Å². The predicted molar refractivity (Wildman–Crippen MR) is 57.5 cm³/mol. The average molecular weight is 172 g/mol. The highest BCUT2D eigenvalue weighted by atomic mass is 14.1. The van der Waals surface area contributed by atoms with Gasteiger partial charge in [0.2, 0.25) is 0 Å². The topological polar surface area (TPSA) is 0 Å². The van der Waals surface area contributed by atoms with Crippen molar-refractivity contribution in [1.82, 2.24) is 0 Å². The molecule has 2 aliphatic rings. The fraction of sp³-hybridized carbons (Fsp3) is 0.385. The maximum absolute atomic E-state index is 2.30. The summed E-state index contributed by atoms with van der Waals surface area (Å²) in [7, 11) is 0. The van der Waals surface area contributed by atoms with Crippen LogP contribution in [0.5, 0.6) is 0 Å². The fourth-order valence-electron chi connectivity index (χ4n) is 1.94. The minimum atomic E-state index is 1.27. The molecule has 0 atom stereocenters. The maximum Gasteiger partial charge on any atom is -0.0276 e. The van der Waals surface area contributed by atoms with E-state index < -0.39 is 0 Å². The highest BCUT2D eigenvalue weighted by Crippen LogP contribution is 2.27. The van der Waals surface area contributed by atoms with E-state index in [-0.39, 0.29) is 0 Å². The van der Waals surface area contributed by atoms with Crippen molar-refractivity contribution >= 4 is 0 Å². The summed E-state index contributed by atoms with van der Waals surface area (Å²) in [6.07, 6.45) is 16.4. The Labute approximate surface area is 80.3 Å². The summed E-state index contributed by atoms with van der Waals surface area (Å²) >= 11 is 0.